The minimum Gasteiger partial charge on any atom is -0.492 e. The first-order chi connectivity index (χ1) is 8.84. The second kappa shape index (κ2) is 6.95. The number of nitrogens with one attached hydrogen (secondary N) is 1. The Bertz CT molecular complexity index is 393. The number of benzene rings is 1. The van der Waals surface area contributed by atoms with Gasteiger partial charge in [0.25, 0.3) is 0 Å². The van der Waals surface area contributed by atoms with Gasteiger partial charge in [-0.1, -0.05) is 39.8 Å². The molecule has 1 rings (SSSR count). The zero-order valence-electron chi connectivity index (χ0n) is 13.3. The fourth-order valence-corrected chi connectivity index (χ4v) is 1.98. The van der Waals surface area contributed by atoms with Crippen LogP contribution in [0.1, 0.15) is 52.2 Å². The van der Waals surface area contributed by atoms with E-state index in [0.29, 0.717) is 6.04 Å². The lowest BCUT2D eigenvalue weighted by Crippen LogP contribution is -2.29. The van der Waals surface area contributed by atoms with Crippen molar-refractivity contribution in [1.82, 2.24) is 5.32 Å². The Hall–Kier alpha value is -1.02. The summed E-state index contributed by atoms with van der Waals surface area (Å²) in [5, 5.41) is 3.45. The van der Waals surface area contributed by atoms with Gasteiger partial charge in [0.1, 0.15) is 12.4 Å². The molecular weight excluding hydrogens is 234 g/mol. The number of aryl methyl sites for hydroxylation is 1. The highest BCUT2D eigenvalue weighted by Gasteiger charge is 2.18. The quantitative estimate of drug-likeness (QED) is 0.782. The van der Waals surface area contributed by atoms with Crippen molar-refractivity contribution >= 4 is 0 Å². The largest absolute Gasteiger partial charge is 0.492 e. The van der Waals surface area contributed by atoms with Gasteiger partial charge in [-0.15, -0.1) is 0 Å². The Morgan fingerprint density at radius 2 is 1.95 bits per heavy atom. The van der Waals surface area contributed by atoms with Crippen LogP contribution in [0.15, 0.2) is 18.2 Å². The third kappa shape index (κ3) is 5.23. The van der Waals surface area contributed by atoms with Gasteiger partial charge in [-0.05, 0) is 42.9 Å². The molecule has 1 aromatic rings. The van der Waals surface area contributed by atoms with E-state index in [1.165, 1.54) is 11.1 Å². The molecule has 0 saturated heterocycles. The lowest BCUT2D eigenvalue weighted by Gasteiger charge is -2.23. The topological polar surface area (TPSA) is 21.3 Å². The van der Waals surface area contributed by atoms with Gasteiger partial charge in [-0.3, -0.25) is 0 Å². The first kappa shape index (κ1) is 16.0. The predicted molar refractivity (Wildman–Crippen MR) is 83.1 cm³/mol. The van der Waals surface area contributed by atoms with E-state index in [1.807, 2.05) is 0 Å². The molecule has 0 aliphatic heterocycles. The fourth-order valence-electron chi connectivity index (χ4n) is 1.98. The molecule has 19 heavy (non-hydrogen) atoms. The Balaban J connectivity index is 2.64. The standard InChI is InChI=1S/C17H29NO/c1-7-14(3)18-10-11-19-16-12-13(2)8-9-15(16)17(4,5)6/h8-9,12,14,18H,7,10-11H2,1-6H3. The van der Waals surface area contributed by atoms with E-state index in [-0.39, 0.29) is 5.41 Å². The number of ether oxygens (including phenoxy) is 1. The van der Waals surface area contributed by atoms with Gasteiger partial charge >= 0.3 is 0 Å². The highest BCUT2D eigenvalue weighted by molar-refractivity contribution is 5.41. The summed E-state index contributed by atoms with van der Waals surface area (Å²) in [5.74, 6) is 1.03. The van der Waals surface area contributed by atoms with Crippen molar-refractivity contribution in [3.8, 4) is 5.75 Å². The van der Waals surface area contributed by atoms with Crippen molar-refractivity contribution in [2.45, 2.75) is 59.4 Å². The summed E-state index contributed by atoms with van der Waals surface area (Å²) < 4.78 is 5.98. The molecule has 0 radical (unpaired) electrons. The summed E-state index contributed by atoms with van der Waals surface area (Å²) in [7, 11) is 0. The van der Waals surface area contributed by atoms with Gasteiger partial charge in [0.2, 0.25) is 0 Å². The van der Waals surface area contributed by atoms with E-state index in [2.05, 4.69) is 65.1 Å². The minimum absolute atomic E-state index is 0.118. The van der Waals surface area contributed by atoms with Crippen LogP contribution in [0.4, 0.5) is 0 Å². The SMILES string of the molecule is CCC(C)NCCOc1cc(C)ccc1C(C)(C)C. The number of rotatable bonds is 6. The molecule has 2 heteroatoms. The molecule has 1 N–H and O–H groups in total. The number of hydrogen-bond acceptors (Lipinski definition) is 2. The highest BCUT2D eigenvalue weighted by Crippen LogP contribution is 2.31. The molecule has 0 bridgehead atoms. The molecule has 0 spiro atoms. The molecule has 0 aliphatic rings. The molecule has 0 heterocycles. The van der Waals surface area contributed by atoms with Gasteiger partial charge in [-0.2, -0.15) is 0 Å². The Morgan fingerprint density at radius 1 is 1.26 bits per heavy atom. The van der Waals surface area contributed by atoms with E-state index in [0.717, 1.165) is 25.3 Å². The summed E-state index contributed by atoms with van der Waals surface area (Å²) in [4.78, 5) is 0. The fraction of sp³-hybridized carbons (Fsp3) is 0.647. The third-order valence-corrected chi connectivity index (χ3v) is 3.41. The van der Waals surface area contributed by atoms with Crippen molar-refractivity contribution in [3.63, 3.8) is 0 Å². The van der Waals surface area contributed by atoms with Crippen LogP contribution in [-0.2, 0) is 5.41 Å². The van der Waals surface area contributed by atoms with Crippen molar-refractivity contribution in [1.29, 1.82) is 0 Å². The Kier molecular flexibility index (Phi) is 5.86. The summed E-state index contributed by atoms with van der Waals surface area (Å²) in [5.41, 5.74) is 2.65. The van der Waals surface area contributed by atoms with Crippen molar-refractivity contribution in [2.24, 2.45) is 0 Å². The van der Waals surface area contributed by atoms with E-state index >= 15 is 0 Å². The molecule has 1 aromatic carbocycles. The van der Waals surface area contributed by atoms with Crippen molar-refractivity contribution in [2.75, 3.05) is 13.2 Å². The van der Waals surface area contributed by atoms with Crippen LogP contribution < -0.4 is 10.1 Å². The first-order valence-corrected chi connectivity index (χ1v) is 7.32. The normalized spacial score (nSPS) is 13.4. The molecule has 0 amide bonds. The van der Waals surface area contributed by atoms with Crippen LogP contribution in [-0.4, -0.2) is 19.2 Å². The van der Waals surface area contributed by atoms with E-state index < -0.39 is 0 Å². The van der Waals surface area contributed by atoms with Crippen LogP contribution in [0.25, 0.3) is 0 Å². The minimum atomic E-state index is 0.118. The lowest BCUT2D eigenvalue weighted by atomic mass is 9.86. The summed E-state index contributed by atoms with van der Waals surface area (Å²) in [6.07, 6.45) is 1.15. The predicted octanol–water partition coefficient (Wildman–Crippen LogP) is 4.06. The van der Waals surface area contributed by atoms with Gasteiger partial charge in [0.05, 0.1) is 0 Å². The zero-order valence-corrected chi connectivity index (χ0v) is 13.3. The first-order valence-electron chi connectivity index (χ1n) is 7.32. The molecule has 108 valence electrons. The van der Waals surface area contributed by atoms with Gasteiger partial charge in [0.15, 0.2) is 0 Å². The molecule has 0 fully saturated rings. The summed E-state index contributed by atoms with van der Waals surface area (Å²) in [6.45, 7) is 14.8. The maximum absolute atomic E-state index is 5.98. The molecule has 0 aliphatic carbocycles. The second-order valence-corrected chi connectivity index (χ2v) is 6.36. The van der Waals surface area contributed by atoms with Crippen LogP contribution in [0, 0.1) is 6.92 Å². The van der Waals surface area contributed by atoms with Crippen LogP contribution in [0.3, 0.4) is 0 Å². The molecule has 0 saturated carbocycles. The molecule has 1 atom stereocenters. The van der Waals surface area contributed by atoms with Crippen molar-refractivity contribution in [3.05, 3.63) is 29.3 Å². The molecule has 2 nitrogen and oxygen atoms in total. The Labute approximate surface area is 118 Å². The zero-order chi connectivity index (χ0) is 14.5. The third-order valence-electron chi connectivity index (χ3n) is 3.41. The van der Waals surface area contributed by atoms with Gasteiger partial charge in [-0.25, -0.2) is 0 Å². The average molecular weight is 263 g/mol. The molecule has 1 unspecified atom stereocenters. The maximum atomic E-state index is 5.98. The monoisotopic (exact) mass is 263 g/mol. The second-order valence-electron chi connectivity index (χ2n) is 6.36. The highest BCUT2D eigenvalue weighted by atomic mass is 16.5. The average Bonchev–Trinajstić information content (AvgIpc) is 2.32. The lowest BCUT2D eigenvalue weighted by molar-refractivity contribution is 0.298. The van der Waals surface area contributed by atoms with Crippen LogP contribution in [0.2, 0.25) is 0 Å². The van der Waals surface area contributed by atoms with E-state index in [9.17, 15) is 0 Å². The number of hydrogen-bond donors (Lipinski definition) is 1. The summed E-state index contributed by atoms with van der Waals surface area (Å²) in [6, 6.07) is 7.05. The van der Waals surface area contributed by atoms with E-state index in [1.54, 1.807) is 0 Å². The maximum Gasteiger partial charge on any atom is 0.123 e. The Morgan fingerprint density at radius 3 is 2.53 bits per heavy atom. The van der Waals surface area contributed by atoms with Crippen LogP contribution in [0.5, 0.6) is 5.75 Å². The van der Waals surface area contributed by atoms with E-state index in [4.69, 9.17) is 4.74 Å². The molecular formula is C17H29NO. The molecule has 0 aromatic heterocycles. The smallest absolute Gasteiger partial charge is 0.123 e. The van der Waals surface area contributed by atoms with Crippen molar-refractivity contribution < 1.29 is 4.74 Å². The van der Waals surface area contributed by atoms with Crippen LogP contribution >= 0.6 is 0 Å². The van der Waals surface area contributed by atoms with Gasteiger partial charge in [0, 0.05) is 12.6 Å². The van der Waals surface area contributed by atoms with Gasteiger partial charge < -0.3 is 10.1 Å². The summed E-state index contributed by atoms with van der Waals surface area (Å²) >= 11 is 0.